The molecule has 138 valence electrons. The molecule has 27 heavy (non-hydrogen) atoms. The van der Waals surface area contributed by atoms with E-state index in [9.17, 15) is 10.1 Å². The molecule has 0 radical (unpaired) electrons. The molecule has 0 saturated carbocycles. The van der Waals surface area contributed by atoms with Gasteiger partial charge in [0.2, 0.25) is 0 Å². The number of nitrogens with zero attached hydrogens (tertiary/aromatic N) is 1. The molecule has 3 rings (SSSR count). The molecular weight excluding hydrogens is 338 g/mol. The molecule has 3 aromatic carbocycles. The fraction of sp³-hybridized carbons (Fsp3) is 0.217. The van der Waals surface area contributed by atoms with Gasteiger partial charge in [-0.05, 0) is 34.2 Å². The van der Waals surface area contributed by atoms with E-state index in [-0.39, 0.29) is 16.0 Å². The molecule has 0 saturated heterocycles. The molecule has 0 fully saturated rings. The number of benzene rings is 3. The van der Waals surface area contributed by atoms with Crippen molar-refractivity contribution in [2.75, 3.05) is 0 Å². The lowest BCUT2D eigenvalue weighted by Gasteiger charge is -2.19. The Balaban J connectivity index is 1.87. The number of nitro benzene ring substituents is 1. The Kier molecular flexibility index (Phi) is 5.26. The van der Waals surface area contributed by atoms with E-state index in [0.717, 1.165) is 11.1 Å². The zero-order valence-electron chi connectivity index (χ0n) is 15.8. The van der Waals surface area contributed by atoms with Crippen molar-refractivity contribution in [2.45, 2.75) is 32.8 Å². The second-order valence-corrected chi connectivity index (χ2v) is 7.54. The molecule has 0 N–H and O–H groups in total. The fourth-order valence-corrected chi connectivity index (χ4v) is 2.89. The van der Waals surface area contributed by atoms with E-state index in [0.29, 0.717) is 17.9 Å². The van der Waals surface area contributed by atoms with Crippen molar-refractivity contribution in [3.05, 3.63) is 94.0 Å². The lowest BCUT2D eigenvalue weighted by molar-refractivity contribution is -0.384. The van der Waals surface area contributed by atoms with Crippen molar-refractivity contribution in [1.29, 1.82) is 0 Å². The van der Waals surface area contributed by atoms with Gasteiger partial charge in [-0.3, -0.25) is 10.1 Å². The molecule has 4 nitrogen and oxygen atoms in total. The third-order valence-electron chi connectivity index (χ3n) is 4.48. The van der Waals surface area contributed by atoms with Crippen LogP contribution in [-0.4, -0.2) is 4.92 Å². The van der Waals surface area contributed by atoms with Crippen LogP contribution in [-0.2, 0) is 12.0 Å². The predicted molar refractivity (Wildman–Crippen MR) is 108 cm³/mol. The van der Waals surface area contributed by atoms with Gasteiger partial charge in [0.1, 0.15) is 12.4 Å². The lowest BCUT2D eigenvalue weighted by Crippen LogP contribution is -2.10. The zero-order valence-corrected chi connectivity index (χ0v) is 15.8. The van der Waals surface area contributed by atoms with E-state index in [4.69, 9.17) is 4.74 Å². The number of hydrogen-bond donors (Lipinski definition) is 0. The predicted octanol–water partition coefficient (Wildman–Crippen LogP) is 6.14. The summed E-state index contributed by atoms with van der Waals surface area (Å²) in [6.45, 7) is 6.80. The van der Waals surface area contributed by atoms with Crippen molar-refractivity contribution in [3.8, 4) is 16.9 Å². The Morgan fingerprint density at radius 3 is 2.19 bits per heavy atom. The molecule has 0 aliphatic rings. The third-order valence-corrected chi connectivity index (χ3v) is 4.48. The van der Waals surface area contributed by atoms with Crippen LogP contribution in [0.5, 0.6) is 5.75 Å². The molecule has 0 unspecified atom stereocenters. The van der Waals surface area contributed by atoms with Crippen LogP contribution in [0.15, 0.2) is 72.8 Å². The van der Waals surface area contributed by atoms with E-state index in [2.05, 4.69) is 20.8 Å². The molecule has 0 aliphatic heterocycles. The minimum Gasteiger partial charge on any atom is -0.489 e. The summed E-state index contributed by atoms with van der Waals surface area (Å²) in [6.07, 6.45) is 0. The summed E-state index contributed by atoms with van der Waals surface area (Å²) in [7, 11) is 0. The van der Waals surface area contributed by atoms with Crippen molar-refractivity contribution in [2.24, 2.45) is 0 Å². The monoisotopic (exact) mass is 361 g/mol. The highest BCUT2D eigenvalue weighted by molar-refractivity contribution is 5.74. The van der Waals surface area contributed by atoms with Gasteiger partial charge < -0.3 is 4.74 Å². The van der Waals surface area contributed by atoms with Crippen molar-refractivity contribution >= 4 is 5.69 Å². The van der Waals surface area contributed by atoms with Crippen LogP contribution >= 0.6 is 0 Å². The van der Waals surface area contributed by atoms with Crippen molar-refractivity contribution in [1.82, 2.24) is 0 Å². The maximum Gasteiger partial charge on any atom is 0.280 e. The van der Waals surface area contributed by atoms with Crippen LogP contribution in [0.25, 0.3) is 11.1 Å². The number of rotatable bonds is 5. The Hall–Kier alpha value is -3.14. The molecule has 0 amide bonds. The molecule has 0 bridgehead atoms. The SMILES string of the molecule is CC(C)(C)c1ccc(-c2ccc(OCc3ccccc3)cc2[N+](=O)[O-])cc1. The lowest BCUT2D eigenvalue weighted by atomic mass is 9.86. The summed E-state index contributed by atoms with van der Waals surface area (Å²) < 4.78 is 5.73. The van der Waals surface area contributed by atoms with E-state index in [1.807, 2.05) is 54.6 Å². The Labute approximate surface area is 159 Å². The standard InChI is InChI=1S/C23H23NO3/c1-23(2,3)19-11-9-18(10-12-19)21-14-13-20(15-22(21)24(25)26)27-16-17-7-5-4-6-8-17/h4-15H,16H2,1-3H3. The molecule has 0 heterocycles. The van der Waals surface area contributed by atoms with Crippen LogP contribution in [0.2, 0.25) is 0 Å². The summed E-state index contributed by atoms with van der Waals surface area (Å²) in [5.41, 5.74) is 3.71. The maximum atomic E-state index is 11.6. The first kappa shape index (κ1) is 18.6. The highest BCUT2D eigenvalue weighted by Crippen LogP contribution is 2.34. The van der Waals surface area contributed by atoms with Crippen LogP contribution in [0.1, 0.15) is 31.9 Å². The van der Waals surface area contributed by atoms with Crippen LogP contribution in [0.4, 0.5) is 5.69 Å². The molecule has 0 atom stereocenters. The summed E-state index contributed by atoms with van der Waals surface area (Å²) in [5, 5.41) is 11.6. The molecule has 3 aromatic rings. The van der Waals surface area contributed by atoms with Gasteiger partial charge in [-0.1, -0.05) is 75.4 Å². The average Bonchev–Trinajstić information content (AvgIpc) is 2.66. The summed E-state index contributed by atoms with van der Waals surface area (Å²) >= 11 is 0. The van der Waals surface area contributed by atoms with Crippen LogP contribution in [0, 0.1) is 10.1 Å². The topological polar surface area (TPSA) is 52.4 Å². The second kappa shape index (κ2) is 7.62. The summed E-state index contributed by atoms with van der Waals surface area (Å²) in [5.74, 6) is 0.487. The molecule has 4 heteroatoms. The Morgan fingerprint density at radius 1 is 0.926 bits per heavy atom. The van der Waals surface area contributed by atoms with Gasteiger partial charge in [-0.25, -0.2) is 0 Å². The largest absolute Gasteiger partial charge is 0.489 e. The fourth-order valence-electron chi connectivity index (χ4n) is 2.89. The third kappa shape index (κ3) is 4.53. The minimum absolute atomic E-state index is 0.0413. The van der Waals surface area contributed by atoms with Crippen molar-refractivity contribution < 1.29 is 9.66 Å². The molecular formula is C23H23NO3. The minimum atomic E-state index is -0.359. The van der Waals surface area contributed by atoms with E-state index < -0.39 is 0 Å². The second-order valence-electron chi connectivity index (χ2n) is 7.54. The highest BCUT2D eigenvalue weighted by atomic mass is 16.6. The molecule has 0 spiro atoms. The maximum absolute atomic E-state index is 11.6. The average molecular weight is 361 g/mol. The van der Waals surface area contributed by atoms with Gasteiger partial charge in [-0.15, -0.1) is 0 Å². The van der Waals surface area contributed by atoms with Gasteiger partial charge in [0.15, 0.2) is 0 Å². The number of ether oxygens (including phenoxy) is 1. The van der Waals surface area contributed by atoms with Crippen molar-refractivity contribution in [3.63, 3.8) is 0 Å². The summed E-state index contributed by atoms with van der Waals surface area (Å²) in [4.78, 5) is 11.2. The van der Waals surface area contributed by atoms with Gasteiger partial charge in [-0.2, -0.15) is 0 Å². The van der Waals surface area contributed by atoms with E-state index >= 15 is 0 Å². The number of nitro groups is 1. The Bertz CT molecular complexity index is 926. The van der Waals surface area contributed by atoms with Gasteiger partial charge in [0.25, 0.3) is 5.69 Å². The zero-order chi connectivity index (χ0) is 19.4. The first-order chi connectivity index (χ1) is 12.8. The van der Waals surface area contributed by atoms with Crippen LogP contribution in [0.3, 0.4) is 0 Å². The van der Waals surface area contributed by atoms with Gasteiger partial charge in [0.05, 0.1) is 16.6 Å². The van der Waals surface area contributed by atoms with E-state index in [1.165, 1.54) is 11.6 Å². The first-order valence-electron chi connectivity index (χ1n) is 8.91. The normalized spacial score (nSPS) is 11.2. The smallest absolute Gasteiger partial charge is 0.280 e. The summed E-state index contributed by atoms with van der Waals surface area (Å²) in [6, 6.07) is 22.7. The molecule has 0 aliphatic carbocycles. The highest BCUT2D eigenvalue weighted by Gasteiger charge is 2.18. The van der Waals surface area contributed by atoms with Gasteiger partial charge >= 0.3 is 0 Å². The van der Waals surface area contributed by atoms with Crippen LogP contribution < -0.4 is 4.74 Å². The van der Waals surface area contributed by atoms with Gasteiger partial charge in [0, 0.05) is 0 Å². The quantitative estimate of drug-likeness (QED) is 0.405. The molecule has 0 aromatic heterocycles. The van der Waals surface area contributed by atoms with E-state index in [1.54, 1.807) is 12.1 Å². The Morgan fingerprint density at radius 2 is 1.59 bits per heavy atom. The first-order valence-corrected chi connectivity index (χ1v) is 8.91. The number of hydrogen-bond acceptors (Lipinski definition) is 3.